The standard InChI is InChI=1S/C25H32N6O/c1-29(2)18-12-14-31(15-18)25(32)19-9-5-10-20-24(19)28-22(27-20)16-30(3)21-11-4-7-17-8-6-13-26-23(17)21/h5-6,8-10,13,18,21H,4,7,11-12,14-16H2,1-3H3,(H,27,28). The molecule has 1 aromatic carbocycles. The van der Waals surface area contributed by atoms with Gasteiger partial charge in [0.1, 0.15) is 11.3 Å². The zero-order valence-electron chi connectivity index (χ0n) is 19.2. The van der Waals surface area contributed by atoms with E-state index in [1.165, 1.54) is 17.7 Å². The second-order valence-corrected chi connectivity index (χ2v) is 9.41. The van der Waals surface area contributed by atoms with Crippen molar-refractivity contribution in [1.29, 1.82) is 0 Å². The van der Waals surface area contributed by atoms with Gasteiger partial charge in [0, 0.05) is 25.3 Å². The third-order valence-corrected chi connectivity index (χ3v) is 7.07. The van der Waals surface area contributed by atoms with Crippen LogP contribution in [0.3, 0.4) is 0 Å². The Kier molecular flexibility index (Phi) is 5.69. The number of amides is 1. The number of pyridine rings is 1. The molecule has 0 radical (unpaired) electrons. The van der Waals surface area contributed by atoms with Gasteiger partial charge < -0.3 is 14.8 Å². The van der Waals surface area contributed by atoms with E-state index in [0.29, 0.717) is 24.2 Å². The second kappa shape index (κ2) is 8.64. The minimum Gasteiger partial charge on any atom is -0.341 e. The Morgan fingerprint density at radius 3 is 2.88 bits per heavy atom. The highest BCUT2D eigenvalue weighted by Gasteiger charge is 2.30. The van der Waals surface area contributed by atoms with Crippen molar-refractivity contribution in [1.82, 2.24) is 29.7 Å². The van der Waals surface area contributed by atoms with Crippen molar-refractivity contribution in [2.24, 2.45) is 0 Å². The molecule has 5 rings (SSSR count). The Morgan fingerprint density at radius 1 is 1.19 bits per heavy atom. The fraction of sp³-hybridized carbons (Fsp3) is 0.480. The third kappa shape index (κ3) is 3.91. The number of H-pyrrole nitrogens is 1. The van der Waals surface area contributed by atoms with Crippen LogP contribution in [0.5, 0.6) is 0 Å². The van der Waals surface area contributed by atoms with E-state index in [0.717, 1.165) is 49.2 Å². The zero-order valence-corrected chi connectivity index (χ0v) is 19.2. The Labute approximate surface area is 189 Å². The Hall–Kier alpha value is -2.77. The molecule has 1 N–H and O–H groups in total. The average molecular weight is 433 g/mol. The summed E-state index contributed by atoms with van der Waals surface area (Å²) in [6.07, 6.45) is 6.29. The number of fused-ring (bicyclic) bond motifs is 2. The average Bonchev–Trinajstić information content (AvgIpc) is 3.45. The van der Waals surface area contributed by atoms with Crippen LogP contribution in [0.2, 0.25) is 0 Å². The van der Waals surface area contributed by atoms with Crippen molar-refractivity contribution in [2.45, 2.75) is 44.3 Å². The van der Waals surface area contributed by atoms with E-state index in [9.17, 15) is 4.79 Å². The highest BCUT2D eigenvalue weighted by Crippen LogP contribution is 2.32. The number of para-hydroxylation sites is 1. The molecule has 1 fully saturated rings. The summed E-state index contributed by atoms with van der Waals surface area (Å²) in [5.41, 5.74) is 4.94. The summed E-state index contributed by atoms with van der Waals surface area (Å²) < 4.78 is 0. The van der Waals surface area contributed by atoms with Gasteiger partial charge in [0.25, 0.3) is 5.91 Å². The molecular formula is C25H32N6O. The highest BCUT2D eigenvalue weighted by atomic mass is 16.2. The fourth-order valence-electron chi connectivity index (χ4n) is 5.21. The highest BCUT2D eigenvalue weighted by molar-refractivity contribution is 6.05. The monoisotopic (exact) mass is 432 g/mol. The van der Waals surface area contributed by atoms with Gasteiger partial charge in [-0.3, -0.25) is 14.7 Å². The van der Waals surface area contributed by atoms with Crippen molar-refractivity contribution in [3.8, 4) is 0 Å². The lowest BCUT2D eigenvalue weighted by molar-refractivity contribution is 0.0785. The summed E-state index contributed by atoms with van der Waals surface area (Å²) in [7, 11) is 6.30. The minimum absolute atomic E-state index is 0.0803. The Bertz CT molecular complexity index is 1120. The van der Waals surface area contributed by atoms with E-state index in [4.69, 9.17) is 4.98 Å². The van der Waals surface area contributed by atoms with Gasteiger partial charge >= 0.3 is 0 Å². The van der Waals surface area contributed by atoms with Gasteiger partial charge in [-0.15, -0.1) is 0 Å². The Morgan fingerprint density at radius 2 is 2.06 bits per heavy atom. The number of rotatable bonds is 5. The van der Waals surface area contributed by atoms with Gasteiger partial charge in [-0.1, -0.05) is 12.1 Å². The van der Waals surface area contributed by atoms with Crippen LogP contribution in [0.4, 0.5) is 0 Å². The molecule has 1 aliphatic carbocycles. The van der Waals surface area contributed by atoms with E-state index < -0.39 is 0 Å². The van der Waals surface area contributed by atoms with Gasteiger partial charge in [0.2, 0.25) is 0 Å². The molecule has 0 bridgehead atoms. The van der Waals surface area contributed by atoms with Crippen molar-refractivity contribution >= 4 is 16.9 Å². The molecule has 2 unspecified atom stereocenters. The molecule has 3 aromatic rings. The summed E-state index contributed by atoms with van der Waals surface area (Å²) in [5.74, 6) is 0.968. The molecule has 1 aliphatic heterocycles. The first kappa shape index (κ1) is 21.1. The second-order valence-electron chi connectivity index (χ2n) is 9.41. The molecular weight excluding hydrogens is 400 g/mol. The number of aromatic amines is 1. The van der Waals surface area contributed by atoms with Gasteiger partial charge in [0.15, 0.2) is 0 Å². The maximum absolute atomic E-state index is 13.3. The summed E-state index contributed by atoms with van der Waals surface area (Å²) in [5, 5.41) is 0. The van der Waals surface area contributed by atoms with E-state index >= 15 is 0 Å². The van der Waals surface area contributed by atoms with Crippen molar-refractivity contribution in [3.63, 3.8) is 0 Å². The van der Waals surface area contributed by atoms with E-state index in [2.05, 4.69) is 47.0 Å². The predicted octanol–water partition coefficient (Wildman–Crippen LogP) is 3.24. The number of hydrogen-bond donors (Lipinski definition) is 1. The normalized spacial score (nSPS) is 21.0. The molecule has 32 heavy (non-hydrogen) atoms. The lowest BCUT2D eigenvalue weighted by atomic mass is 9.91. The maximum Gasteiger partial charge on any atom is 0.256 e. The quantitative estimate of drug-likeness (QED) is 0.670. The molecule has 2 aliphatic rings. The largest absolute Gasteiger partial charge is 0.341 e. The molecule has 1 amide bonds. The van der Waals surface area contributed by atoms with Crippen LogP contribution in [0.25, 0.3) is 11.0 Å². The number of carbonyl (C=O) groups excluding carboxylic acids is 1. The summed E-state index contributed by atoms with van der Waals surface area (Å²) in [4.78, 5) is 32.8. The van der Waals surface area contributed by atoms with Crippen LogP contribution in [-0.4, -0.2) is 75.8 Å². The van der Waals surface area contributed by atoms with Crippen molar-refractivity contribution in [3.05, 3.63) is 59.2 Å². The van der Waals surface area contributed by atoms with Crippen LogP contribution < -0.4 is 0 Å². The van der Waals surface area contributed by atoms with E-state index in [1.807, 2.05) is 35.4 Å². The van der Waals surface area contributed by atoms with Crippen LogP contribution >= 0.6 is 0 Å². The number of likely N-dealkylation sites (N-methyl/N-ethyl adjacent to an activating group) is 1. The number of hydrogen-bond acceptors (Lipinski definition) is 5. The van der Waals surface area contributed by atoms with Crippen LogP contribution in [0, 0.1) is 0 Å². The van der Waals surface area contributed by atoms with Crippen molar-refractivity contribution < 1.29 is 4.79 Å². The molecule has 0 saturated carbocycles. The predicted molar refractivity (Wildman–Crippen MR) is 125 cm³/mol. The molecule has 3 heterocycles. The number of imidazole rings is 1. The number of carbonyl (C=O) groups is 1. The SMILES string of the molecule is CN(C)C1CCN(C(=O)c2cccc3[nH]c(CN(C)C4CCCc5cccnc54)nc23)C1. The third-order valence-electron chi connectivity index (χ3n) is 7.07. The number of aryl methyl sites for hydroxylation is 1. The summed E-state index contributed by atoms with van der Waals surface area (Å²) in [6, 6.07) is 10.8. The molecule has 2 atom stereocenters. The minimum atomic E-state index is 0.0803. The first-order valence-electron chi connectivity index (χ1n) is 11.6. The topological polar surface area (TPSA) is 68.4 Å². The van der Waals surface area contributed by atoms with Gasteiger partial charge in [-0.2, -0.15) is 0 Å². The molecule has 7 heteroatoms. The van der Waals surface area contributed by atoms with Gasteiger partial charge in [-0.05, 0) is 70.6 Å². The number of nitrogens with one attached hydrogen (secondary N) is 1. The lowest BCUT2D eigenvalue weighted by Gasteiger charge is -2.31. The first-order chi connectivity index (χ1) is 15.5. The molecule has 168 valence electrons. The molecule has 7 nitrogen and oxygen atoms in total. The van der Waals surface area contributed by atoms with E-state index in [1.54, 1.807) is 0 Å². The van der Waals surface area contributed by atoms with Crippen LogP contribution in [0.15, 0.2) is 36.5 Å². The Balaban J connectivity index is 1.36. The number of aromatic nitrogens is 3. The van der Waals surface area contributed by atoms with Gasteiger partial charge in [0.05, 0.1) is 29.4 Å². The maximum atomic E-state index is 13.3. The smallest absolute Gasteiger partial charge is 0.256 e. The lowest BCUT2D eigenvalue weighted by Crippen LogP contribution is -2.34. The van der Waals surface area contributed by atoms with Gasteiger partial charge in [-0.25, -0.2) is 4.98 Å². The molecule has 0 spiro atoms. The number of nitrogens with zero attached hydrogens (tertiary/aromatic N) is 5. The number of likely N-dealkylation sites (tertiary alicyclic amines) is 1. The molecule has 2 aromatic heterocycles. The van der Waals surface area contributed by atoms with Crippen molar-refractivity contribution in [2.75, 3.05) is 34.2 Å². The summed E-state index contributed by atoms with van der Waals surface area (Å²) >= 11 is 0. The fourth-order valence-corrected chi connectivity index (χ4v) is 5.21. The molecule has 1 saturated heterocycles. The summed E-state index contributed by atoms with van der Waals surface area (Å²) in [6.45, 7) is 2.26. The number of benzene rings is 1. The zero-order chi connectivity index (χ0) is 22.2. The van der Waals surface area contributed by atoms with E-state index in [-0.39, 0.29) is 5.91 Å². The van der Waals surface area contributed by atoms with Crippen LogP contribution in [-0.2, 0) is 13.0 Å². The first-order valence-corrected chi connectivity index (χ1v) is 11.6. The van der Waals surface area contributed by atoms with Crippen LogP contribution in [0.1, 0.15) is 52.7 Å².